The van der Waals surface area contributed by atoms with E-state index in [4.69, 9.17) is 5.73 Å². The van der Waals surface area contributed by atoms with Crippen molar-refractivity contribution in [3.63, 3.8) is 0 Å². The Morgan fingerprint density at radius 2 is 1.79 bits per heavy atom. The van der Waals surface area contributed by atoms with Gasteiger partial charge in [0.25, 0.3) is 5.91 Å². The van der Waals surface area contributed by atoms with Gasteiger partial charge in [0.1, 0.15) is 12.3 Å². The fourth-order valence-electron chi connectivity index (χ4n) is 6.29. The second-order valence-corrected chi connectivity index (χ2v) is 15.2. The average Bonchev–Trinajstić information content (AvgIpc) is 3.17. The maximum absolute atomic E-state index is 14.0. The summed E-state index contributed by atoms with van der Waals surface area (Å²) in [6.45, 7) is 12.9. The number of primary amides is 1. The molecule has 3 aliphatic rings. The van der Waals surface area contributed by atoms with Gasteiger partial charge >= 0.3 is 6.03 Å². The van der Waals surface area contributed by atoms with Crippen LogP contribution in [0.4, 0.5) is 4.79 Å². The Kier molecular flexibility index (Phi) is 10.5. The third-order valence-electron chi connectivity index (χ3n) is 8.93. The van der Waals surface area contributed by atoms with Gasteiger partial charge in [0.15, 0.2) is 0 Å². The van der Waals surface area contributed by atoms with Crippen molar-refractivity contribution in [2.75, 3.05) is 13.1 Å². The molecular formula is C28H48N6O7S. The van der Waals surface area contributed by atoms with Crippen LogP contribution in [0.2, 0.25) is 0 Å². The van der Waals surface area contributed by atoms with Crippen LogP contribution in [0.25, 0.3) is 0 Å². The number of piperidine rings is 1. The molecule has 0 bridgehead atoms. The topological polar surface area (TPSA) is 200 Å². The third kappa shape index (κ3) is 8.29. The summed E-state index contributed by atoms with van der Waals surface area (Å²) in [5, 5.41) is 20.5. The first-order valence-corrected chi connectivity index (χ1v) is 16.2. The smallest absolute Gasteiger partial charge is 0.315 e. The van der Waals surface area contributed by atoms with Crippen molar-refractivity contribution < 1.29 is 32.7 Å². The average molecular weight is 613 g/mol. The lowest BCUT2D eigenvalue weighted by atomic mass is 9.81. The number of nitrogens with zero attached hydrogens (tertiary/aromatic N) is 1. The van der Waals surface area contributed by atoms with E-state index in [9.17, 15) is 32.7 Å². The van der Waals surface area contributed by atoms with Crippen LogP contribution >= 0.6 is 0 Å². The number of likely N-dealkylation sites (tertiary alicyclic amines) is 1. The summed E-state index contributed by atoms with van der Waals surface area (Å²) in [6.07, 6.45) is 2.89. The monoisotopic (exact) mass is 612 g/mol. The highest BCUT2D eigenvalue weighted by atomic mass is 32.2. The van der Waals surface area contributed by atoms with Crippen molar-refractivity contribution in [2.45, 2.75) is 103 Å². The number of fused-ring (bicyclic) bond motifs is 1. The number of carbonyl (C=O) groups is 4. The number of aliphatic hydroxyl groups excluding tert-OH is 1. The number of rotatable bonds is 15. The molecule has 0 aromatic rings. The largest absolute Gasteiger partial charge is 0.376 e. The summed E-state index contributed by atoms with van der Waals surface area (Å²) in [5.74, 6) is -1.95. The molecule has 0 radical (unpaired) electrons. The van der Waals surface area contributed by atoms with Crippen LogP contribution in [0.1, 0.15) is 73.1 Å². The zero-order valence-electron chi connectivity index (χ0n) is 25.3. The summed E-state index contributed by atoms with van der Waals surface area (Å²) < 4.78 is 26.1. The van der Waals surface area contributed by atoms with Crippen LogP contribution in [0.15, 0.2) is 12.0 Å². The van der Waals surface area contributed by atoms with Crippen molar-refractivity contribution in [3.8, 4) is 0 Å². The minimum atomic E-state index is -3.76. The van der Waals surface area contributed by atoms with Crippen molar-refractivity contribution in [1.82, 2.24) is 25.6 Å². The zero-order chi connectivity index (χ0) is 31.6. The predicted molar refractivity (Wildman–Crippen MR) is 157 cm³/mol. The normalized spacial score (nSPS) is 25.4. The second-order valence-electron chi connectivity index (χ2n) is 13.5. The van der Waals surface area contributed by atoms with Gasteiger partial charge in [-0.25, -0.2) is 17.9 Å². The van der Waals surface area contributed by atoms with Crippen LogP contribution in [-0.4, -0.2) is 85.0 Å². The van der Waals surface area contributed by atoms with Crippen LogP contribution < -0.4 is 26.4 Å². The molecule has 2 saturated carbocycles. The highest BCUT2D eigenvalue weighted by molar-refractivity contribution is 7.92. The quantitative estimate of drug-likeness (QED) is 0.112. The molecule has 0 aromatic heterocycles. The van der Waals surface area contributed by atoms with E-state index in [1.54, 1.807) is 20.8 Å². The molecule has 3 unspecified atom stereocenters. The highest BCUT2D eigenvalue weighted by Crippen LogP contribution is 2.65. The third-order valence-corrected chi connectivity index (χ3v) is 9.98. The molecule has 7 N–H and O–H groups in total. The number of nitrogens with two attached hydrogens (primary N) is 1. The predicted octanol–water partition coefficient (Wildman–Crippen LogP) is 0.300. The first-order valence-electron chi connectivity index (χ1n) is 14.7. The van der Waals surface area contributed by atoms with Gasteiger partial charge in [-0.3, -0.25) is 19.7 Å². The molecule has 3 fully saturated rings. The number of carbonyl (C=O) groups excluding carboxylic acids is 4. The summed E-state index contributed by atoms with van der Waals surface area (Å²) in [7, 11) is -3.76. The van der Waals surface area contributed by atoms with Gasteiger partial charge in [-0.2, -0.15) is 0 Å². The Bertz CT molecular complexity index is 1160. The fraction of sp³-hybridized carbons (Fsp3) is 0.786. The Morgan fingerprint density at radius 3 is 2.31 bits per heavy atom. The zero-order valence-corrected chi connectivity index (χ0v) is 26.1. The standard InChI is InChI=1S/C28H48N6O7S/c1-7-42(40,41)30-14-13-19(32-26(39)33-27(2,3)4)25(38)34-15-17-20(28(17,5)6)21(34)24(37)31-18(22(35)23(29)36)12-11-16-9-8-10-16/h7,16-21,24,30-31,37H,1,8-15H2,2-6H3,(H2,29,36)(H2,32,33,39)/t17-,18?,19-,20?,21-,24?/m0/s1. The van der Waals surface area contributed by atoms with Gasteiger partial charge in [-0.05, 0) is 63.2 Å². The molecule has 1 heterocycles. The molecule has 6 atom stereocenters. The maximum atomic E-state index is 14.0. The summed E-state index contributed by atoms with van der Waals surface area (Å²) >= 11 is 0. The van der Waals surface area contributed by atoms with Gasteiger partial charge < -0.3 is 26.4 Å². The number of aliphatic hydroxyl groups is 1. The molecule has 238 valence electrons. The summed E-state index contributed by atoms with van der Waals surface area (Å²) in [5.41, 5.74) is 4.55. The van der Waals surface area contributed by atoms with E-state index in [1.807, 2.05) is 13.8 Å². The van der Waals surface area contributed by atoms with Crippen LogP contribution in [0.5, 0.6) is 0 Å². The second kappa shape index (κ2) is 13.0. The molecule has 0 aromatic carbocycles. The van der Waals surface area contributed by atoms with E-state index in [0.717, 1.165) is 24.7 Å². The lowest BCUT2D eigenvalue weighted by Gasteiger charge is -2.38. The number of Topliss-reactive ketones (excluding diaryl/α,β-unsaturated/α-hetero) is 1. The molecular weight excluding hydrogens is 564 g/mol. The summed E-state index contributed by atoms with van der Waals surface area (Å²) in [6, 6.07) is -3.45. The first kappa shape index (κ1) is 33.9. The molecule has 4 amide bonds. The number of nitrogens with one attached hydrogen (secondary N) is 4. The van der Waals surface area contributed by atoms with E-state index in [1.165, 1.54) is 4.90 Å². The number of urea groups is 1. The van der Waals surface area contributed by atoms with E-state index >= 15 is 0 Å². The Labute approximate surface area is 248 Å². The van der Waals surface area contributed by atoms with Gasteiger partial charge in [-0.15, -0.1) is 0 Å². The van der Waals surface area contributed by atoms with Gasteiger partial charge in [0.2, 0.25) is 21.7 Å². The number of sulfonamides is 1. The molecule has 1 saturated heterocycles. The number of hydrogen-bond donors (Lipinski definition) is 6. The molecule has 42 heavy (non-hydrogen) atoms. The molecule has 14 heteroatoms. The van der Waals surface area contributed by atoms with Crippen molar-refractivity contribution in [2.24, 2.45) is 28.9 Å². The molecule has 13 nitrogen and oxygen atoms in total. The maximum Gasteiger partial charge on any atom is 0.315 e. The van der Waals surface area contributed by atoms with E-state index in [2.05, 4.69) is 27.3 Å². The Hall–Kier alpha value is -2.55. The van der Waals surface area contributed by atoms with E-state index in [-0.39, 0.29) is 30.2 Å². The minimum absolute atomic E-state index is 0.0564. The van der Waals surface area contributed by atoms with Gasteiger partial charge in [0, 0.05) is 24.0 Å². The summed E-state index contributed by atoms with van der Waals surface area (Å²) in [4.78, 5) is 52.7. The molecule has 0 spiro atoms. The van der Waals surface area contributed by atoms with Crippen LogP contribution in [0, 0.1) is 23.2 Å². The lowest BCUT2D eigenvalue weighted by Crippen LogP contribution is -2.61. The highest BCUT2D eigenvalue weighted by Gasteiger charge is 2.69. The lowest BCUT2D eigenvalue weighted by molar-refractivity contribution is -0.141. The first-order chi connectivity index (χ1) is 19.4. The van der Waals surface area contributed by atoms with Crippen LogP contribution in [0.3, 0.4) is 0 Å². The van der Waals surface area contributed by atoms with E-state index < -0.39 is 63.5 Å². The van der Waals surface area contributed by atoms with Crippen molar-refractivity contribution in [1.29, 1.82) is 0 Å². The Morgan fingerprint density at radius 1 is 1.14 bits per heavy atom. The molecule has 3 rings (SSSR count). The molecule has 1 aliphatic heterocycles. The number of amides is 4. The SMILES string of the molecule is C=CS(=O)(=O)NCC[C@H](NC(=O)NC(C)(C)C)C(=O)N1C[C@H]2C([C@H]1C(O)NC(CCC1CCC1)C(=O)C(N)=O)C2(C)C. The van der Waals surface area contributed by atoms with Gasteiger partial charge in [-0.1, -0.05) is 39.7 Å². The van der Waals surface area contributed by atoms with Crippen molar-refractivity contribution >= 4 is 33.7 Å². The van der Waals surface area contributed by atoms with E-state index in [0.29, 0.717) is 25.3 Å². The number of ketones is 1. The molecule has 2 aliphatic carbocycles. The Balaban J connectivity index is 1.81. The minimum Gasteiger partial charge on any atom is -0.376 e. The van der Waals surface area contributed by atoms with Crippen LogP contribution in [-0.2, 0) is 24.4 Å². The number of hydrogen-bond acceptors (Lipinski definition) is 8. The van der Waals surface area contributed by atoms with Gasteiger partial charge in [0.05, 0.1) is 12.1 Å². The fourth-order valence-corrected chi connectivity index (χ4v) is 6.81. The van der Waals surface area contributed by atoms with Crippen molar-refractivity contribution in [3.05, 3.63) is 12.0 Å².